The lowest BCUT2D eigenvalue weighted by Gasteiger charge is -2.30. The summed E-state index contributed by atoms with van der Waals surface area (Å²) in [5.74, 6) is -4.52. The molecule has 0 aliphatic rings. The predicted molar refractivity (Wildman–Crippen MR) is 205 cm³/mol. The van der Waals surface area contributed by atoms with Crippen LogP contribution in [0.25, 0.3) is 22.0 Å². The first kappa shape index (κ1) is 39.2. The van der Waals surface area contributed by atoms with Crippen molar-refractivity contribution in [3.8, 4) is 11.1 Å². The summed E-state index contributed by atoms with van der Waals surface area (Å²) in [6, 6.07) is 19.9. The maximum atomic E-state index is 14.4. The fourth-order valence-corrected chi connectivity index (χ4v) is 7.01. The van der Waals surface area contributed by atoms with Crippen molar-refractivity contribution in [1.29, 1.82) is 0 Å². The molecule has 2 atom stereocenters. The third-order valence-electron chi connectivity index (χ3n) is 9.12. The summed E-state index contributed by atoms with van der Waals surface area (Å²) in [6.07, 6.45) is -3.05. The monoisotopic (exact) mass is 783 g/mol. The first-order valence-electron chi connectivity index (χ1n) is 17.2. The zero-order chi connectivity index (χ0) is 40.1. The molecule has 0 bridgehead atoms. The van der Waals surface area contributed by atoms with Gasteiger partial charge in [-0.05, 0) is 71.1 Å². The number of aromatic carboxylic acids is 1. The molecule has 3 heterocycles. The zero-order valence-corrected chi connectivity index (χ0v) is 31.1. The lowest BCUT2D eigenvalue weighted by Crippen LogP contribution is -2.56. The molecule has 288 valence electrons. The Hall–Kier alpha value is -6.55. The summed E-state index contributed by atoms with van der Waals surface area (Å²) in [5, 5.41) is 16.9. The number of hydrazine groups is 1. The molecule has 0 radical (unpaired) electrons. The number of aromatic nitrogens is 3. The Bertz CT molecular complexity index is 2380. The second kappa shape index (κ2) is 16.4. The van der Waals surface area contributed by atoms with E-state index in [1.54, 1.807) is 29.7 Å². The normalized spacial score (nSPS) is 12.5. The number of aryl methyl sites for hydroxylation is 2. The number of carbonyl (C=O) groups excluding carboxylic acids is 3. The number of nitrogens with zero attached hydrogens (tertiary/aromatic N) is 3. The molecular formula is C40H36F3N7O5S. The lowest BCUT2D eigenvalue weighted by atomic mass is 9.99. The Kier molecular flexibility index (Phi) is 11.5. The number of hydrogen-bond acceptors (Lipinski definition) is 8. The van der Waals surface area contributed by atoms with Gasteiger partial charge in [0.15, 0.2) is 5.69 Å². The van der Waals surface area contributed by atoms with Crippen molar-refractivity contribution >= 4 is 51.9 Å². The summed E-state index contributed by atoms with van der Waals surface area (Å²) in [7, 11) is 1.52. The van der Waals surface area contributed by atoms with Gasteiger partial charge >= 0.3 is 12.1 Å². The van der Waals surface area contributed by atoms with Gasteiger partial charge in [-0.15, -0.1) is 0 Å². The number of benzene rings is 3. The first-order chi connectivity index (χ1) is 26.7. The van der Waals surface area contributed by atoms with Crippen LogP contribution in [0.1, 0.15) is 48.7 Å². The number of nitrogens with one attached hydrogen (secondary N) is 4. The Morgan fingerprint density at radius 2 is 1.64 bits per heavy atom. The number of rotatable bonds is 13. The SMILES string of the molecule is Cc1cc(C)cc(C(=O)N(C)[C@H](Cc2ccc(-c3ccsc3)cc2)C(=O)N[C@@H](Cc2c[nH]c3ccccc23)C(=O)NNc2ncc(C(F)(F)F)c(C(=O)O)n2)c1. The summed E-state index contributed by atoms with van der Waals surface area (Å²) >= 11 is 1.57. The van der Waals surface area contributed by atoms with Crippen LogP contribution in [0.4, 0.5) is 19.1 Å². The van der Waals surface area contributed by atoms with E-state index in [9.17, 15) is 37.5 Å². The number of anilines is 1. The second-order valence-electron chi connectivity index (χ2n) is 13.2. The molecule has 0 spiro atoms. The summed E-state index contributed by atoms with van der Waals surface area (Å²) in [6.45, 7) is 3.73. The van der Waals surface area contributed by atoms with E-state index in [0.29, 0.717) is 11.1 Å². The van der Waals surface area contributed by atoms with Crippen LogP contribution in [0, 0.1) is 13.8 Å². The average molecular weight is 784 g/mol. The molecule has 6 rings (SSSR count). The number of fused-ring (bicyclic) bond motifs is 1. The summed E-state index contributed by atoms with van der Waals surface area (Å²) in [5.41, 5.74) is 7.97. The number of alkyl halides is 3. The van der Waals surface area contributed by atoms with Crippen LogP contribution < -0.4 is 16.2 Å². The largest absolute Gasteiger partial charge is 0.476 e. The number of hydrogen-bond donors (Lipinski definition) is 5. The highest BCUT2D eigenvalue weighted by Gasteiger charge is 2.37. The smallest absolute Gasteiger partial charge is 0.420 e. The molecular weight excluding hydrogens is 748 g/mol. The number of carboxylic acid groups (broad SMARTS) is 1. The number of para-hydroxylation sites is 1. The van der Waals surface area contributed by atoms with E-state index in [2.05, 4.69) is 31.1 Å². The summed E-state index contributed by atoms with van der Waals surface area (Å²) < 4.78 is 40.2. The minimum atomic E-state index is -5.04. The van der Waals surface area contributed by atoms with Crippen LogP contribution in [-0.4, -0.2) is 67.8 Å². The van der Waals surface area contributed by atoms with Gasteiger partial charge < -0.3 is 20.3 Å². The van der Waals surface area contributed by atoms with Crippen LogP contribution in [0.15, 0.2) is 96.0 Å². The second-order valence-corrected chi connectivity index (χ2v) is 14.0. The highest BCUT2D eigenvalue weighted by Crippen LogP contribution is 2.31. The minimum Gasteiger partial charge on any atom is -0.476 e. The van der Waals surface area contributed by atoms with Crippen molar-refractivity contribution in [2.75, 3.05) is 12.5 Å². The first-order valence-corrected chi connectivity index (χ1v) is 18.2. The molecule has 0 saturated carbocycles. The van der Waals surface area contributed by atoms with E-state index >= 15 is 0 Å². The van der Waals surface area contributed by atoms with Crippen molar-refractivity contribution in [2.45, 2.75) is 44.9 Å². The van der Waals surface area contributed by atoms with E-state index < -0.39 is 59.2 Å². The van der Waals surface area contributed by atoms with E-state index in [0.717, 1.165) is 38.7 Å². The van der Waals surface area contributed by atoms with Crippen LogP contribution in [0.5, 0.6) is 0 Å². The molecule has 0 aliphatic carbocycles. The molecule has 6 aromatic rings. The number of carboxylic acids is 1. The zero-order valence-electron chi connectivity index (χ0n) is 30.3. The number of thiophene rings is 1. The standard InChI is InChI=1S/C40H36F3N7O5S/c1-22-14-23(2)16-27(15-22)37(53)50(3)33(17-24-8-10-25(11-9-24)26-12-13-56-21-26)36(52)46-32(18-28-19-44-31-7-5-4-6-29(28)31)35(51)48-49-39-45-20-30(40(41,42)43)34(47-39)38(54)55/h4-16,19-21,32-33,44H,17-18H2,1-3H3,(H,46,52)(H,48,51)(H,54,55)(H,45,47,49)/t32-,33+/m0/s1. The Labute approximate surface area is 322 Å². The maximum Gasteiger partial charge on any atom is 0.420 e. The number of amides is 3. The van der Waals surface area contributed by atoms with E-state index in [-0.39, 0.29) is 19.0 Å². The number of halogens is 3. The average Bonchev–Trinajstić information content (AvgIpc) is 3.85. The van der Waals surface area contributed by atoms with Gasteiger partial charge in [0.05, 0.1) is 0 Å². The van der Waals surface area contributed by atoms with Crippen LogP contribution in [0.2, 0.25) is 0 Å². The molecule has 56 heavy (non-hydrogen) atoms. The van der Waals surface area contributed by atoms with E-state index in [1.807, 2.05) is 85.3 Å². The number of likely N-dealkylation sites (N-methyl/N-ethyl adjacent to an activating group) is 1. The molecule has 3 aromatic carbocycles. The van der Waals surface area contributed by atoms with Gasteiger partial charge in [0.25, 0.3) is 11.8 Å². The van der Waals surface area contributed by atoms with Gasteiger partial charge in [-0.25, -0.2) is 14.8 Å². The van der Waals surface area contributed by atoms with Gasteiger partial charge in [-0.1, -0.05) is 59.7 Å². The third kappa shape index (κ3) is 9.03. The van der Waals surface area contributed by atoms with Gasteiger partial charge in [-0.2, -0.15) is 24.5 Å². The number of H-pyrrole nitrogens is 1. The van der Waals surface area contributed by atoms with Gasteiger partial charge in [0.1, 0.15) is 17.6 Å². The van der Waals surface area contributed by atoms with Crippen molar-refractivity contribution in [1.82, 2.24) is 30.6 Å². The minimum absolute atomic E-state index is 0.0612. The molecule has 0 fully saturated rings. The fourth-order valence-electron chi connectivity index (χ4n) is 6.35. The highest BCUT2D eigenvalue weighted by molar-refractivity contribution is 7.08. The van der Waals surface area contributed by atoms with Crippen LogP contribution >= 0.6 is 11.3 Å². The molecule has 0 unspecified atom stereocenters. The van der Waals surface area contributed by atoms with Crippen molar-refractivity contribution < 1.29 is 37.5 Å². The van der Waals surface area contributed by atoms with Gasteiger partial charge in [-0.3, -0.25) is 25.2 Å². The molecule has 16 heteroatoms. The Morgan fingerprint density at radius 1 is 0.929 bits per heavy atom. The molecule has 0 aliphatic heterocycles. The topological polar surface area (TPSA) is 169 Å². The molecule has 5 N–H and O–H groups in total. The molecule has 3 aromatic heterocycles. The number of aromatic amines is 1. The van der Waals surface area contributed by atoms with Crippen LogP contribution in [0.3, 0.4) is 0 Å². The number of carbonyl (C=O) groups is 4. The lowest BCUT2D eigenvalue weighted by molar-refractivity contribution is -0.138. The third-order valence-corrected chi connectivity index (χ3v) is 9.81. The highest BCUT2D eigenvalue weighted by atomic mass is 32.1. The quantitative estimate of drug-likeness (QED) is 0.0820. The van der Waals surface area contributed by atoms with Crippen LogP contribution in [-0.2, 0) is 28.6 Å². The maximum absolute atomic E-state index is 14.4. The predicted octanol–water partition coefficient (Wildman–Crippen LogP) is 6.57. The molecule has 3 amide bonds. The Balaban J connectivity index is 1.30. The molecule has 12 nitrogen and oxygen atoms in total. The van der Waals surface area contributed by atoms with Crippen molar-refractivity contribution in [2.24, 2.45) is 0 Å². The van der Waals surface area contributed by atoms with E-state index in [1.165, 1.54) is 11.9 Å². The van der Waals surface area contributed by atoms with E-state index in [4.69, 9.17) is 0 Å². The van der Waals surface area contributed by atoms with Crippen molar-refractivity contribution in [3.05, 3.63) is 135 Å². The summed E-state index contributed by atoms with van der Waals surface area (Å²) in [4.78, 5) is 65.3. The Morgan fingerprint density at radius 3 is 2.30 bits per heavy atom. The van der Waals surface area contributed by atoms with Gasteiger partial charge in [0.2, 0.25) is 11.9 Å². The van der Waals surface area contributed by atoms with Crippen molar-refractivity contribution in [3.63, 3.8) is 0 Å². The fraction of sp³-hybridized carbons (Fsp3) is 0.200. The van der Waals surface area contributed by atoms with Gasteiger partial charge in [0, 0.05) is 48.7 Å². The molecule has 0 saturated heterocycles.